The molecule has 0 saturated carbocycles. The van der Waals surface area contributed by atoms with E-state index in [1.807, 2.05) is 44.2 Å². The first kappa shape index (κ1) is 21.1. The van der Waals surface area contributed by atoms with Gasteiger partial charge in [0.2, 0.25) is 5.89 Å². The van der Waals surface area contributed by atoms with Crippen LogP contribution in [0.15, 0.2) is 57.9 Å². The highest BCUT2D eigenvalue weighted by molar-refractivity contribution is 6.32. The zero-order valence-electron chi connectivity index (χ0n) is 18.3. The Hall–Kier alpha value is -3.11. The minimum Gasteiger partial charge on any atom is -0.507 e. The summed E-state index contributed by atoms with van der Waals surface area (Å²) in [5.41, 5.74) is 6.68. The third kappa shape index (κ3) is 4.21. The van der Waals surface area contributed by atoms with Gasteiger partial charge in [0.1, 0.15) is 11.3 Å². The summed E-state index contributed by atoms with van der Waals surface area (Å²) in [5.74, 6) is 0.738. The molecular formula is C26H25ClN2O2. The summed E-state index contributed by atoms with van der Waals surface area (Å²) in [6, 6.07) is 15.5. The van der Waals surface area contributed by atoms with Gasteiger partial charge in [-0.25, -0.2) is 4.98 Å². The maximum atomic E-state index is 10.3. The summed E-state index contributed by atoms with van der Waals surface area (Å²) in [5, 5.41) is 10.9. The van der Waals surface area contributed by atoms with E-state index in [4.69, 9.17) is 16.0 Å². The molecular weight excluding hydrogens is 408 g/mol. The van der Waals surface area contributed by atoms with E-state index in [0.717, 1.165) is 22.2 Å². The smallest absolute Gasteiger partial charge is 0.227 e. The lowest BCUT2D eigenvalue weighted by atomic mass is 9.87. The first-order chi connectivity index (χ1) is 14.6. The number of halogens is 1. The molecule has 1 aromatic heterocycles. The Morgan fingerprint density at radius 1 is 1.03 bits per heavy atom. The van der Waals surface area contributed by atoms with E-state index in [2.05, 4.69) is 42.9 Å². The molecule has 5 heteroatoms. The topological polar surface area (TPSA) is 58.6 Å². The monoisotopic (exact) mass is 432 g/mol. The van der Waals surface area contributed by atoms with Gasteiger partial charge in [0.15, 0.2) is 5.58 Å². The van der Waals surface area contributed by atoms with Crippen LogP contribution in [0.2, 0.25) is 5.02 Å². The first-order valence-corrected chi connectivity index (χ1v) is 10.6. The lowest BCUT2D eigenvalue weighted by Gasteiger charge is -2.18. The van der Waals surface area contributed by atoms with Gasteiger partial charge in [0.25, 0.3) is 0 Å². The number of aromatic nitrogens is 1. The Labute approximate surface area is 187 Å². The first-order valence-electron chi connectivity index (χ1n) is 10.2. The number of aryl methyl sites for hydroxylation is 1. The summed E-state index contributed by atoms with van der Waals surface area (Å²) in [4.78, 5) is 9.15. The molecule has 0 fully saturated rings. The highest BCUT2D eigenvalue weighted by atomic mass is 35.5. The van der Waals surface area contributed by atoms with E-state index in [-0.39, 0.29) is 11.2 Å². The van der Waals surface area contributed by atoms with Gasteiger partial charge in [0.05, 0.1) is 5.69 Å². The lowest BCUT2D eigenvalue weighted by Crippen LogP contribution is -2.10. The maximum absolute atomic E-state index is 10.3. The second-order valence-corrected chi connectivity index (χ2v) is 9.20. The molecule has 0 aliphatic rings. The van der Waals surface area contributed by atoms with Crippen LogP contribution >= 0.6 is 11.6 Å². The molecule has 0 bridgehead atoms. The van der Waals surface area contributed by atoms with Crippen molar-refractivity contribution in [2.24, 2.45) is 4.99 Å². The number of rotatable bonds is 3. The van der Waals surface area contributed by atoms with Crippen molar-refractivity contribution in [1.82, 2.24) is 4.98 Å². The van der Waals surface area contributed by atoms with E-state index in [1.54, 1.807) is 12.3 Å². The van der Waals surface area contributed by atoms with Crippen molar-refractivity contribution in [2.75, 3.05) is 0 Å². The van der Waals surface area contributed by atoms with Gasteiger partial charge in [-0.2, -0.15) is 0 Å². The Kier molecular flexibility index (Phi) is 5.36. The molecule has 0 saturated heterocycles. The number of fused-ring (bicyclic) bond motifs is 1. The molecule has 0 unspecified atom stereocenters. The third-order valence-electron chi connectivity index (χ3n) is 5.42. The van der Waals surface area contributed by atoms with Crippen LogP contribution in [0.4, 0.5) is 5.69 Å². The molecule has 0 amide bonds. The molecule has 3 aromatic carbocycles. The van der Waals surface area contributed by atoms with E-state index in [1.165, 1.54) is 5.56 Å². The second kappa shape index (κ2) is 7.86. The Balaban J connectivity index is 1.64. The van der Waals surface area contributed by atoms with Crippen molar-refractivity contribution in [3.63, 3.8) is 0 Å². The average molecular weight is 433 g/mol. The number of nitrogens with zero attached hydrogens (tertiary/aromatic N) is 2. The number of hydrogen-bond acceptors (Lipinski definition) is 4. The minimum absolute atomic E-state index is 0.0984. The van der Waals surface area contributed by atoms with Crippen LogP contribution in [0.25, 0.3) is 22.6 Å². The molecule has 1 heterocycles. The summed E-state index contributed by atoms with van der Waals surface area (Å²) in [6.07, 6.45) is 1.63. The average Bonchev–Trinajstić information content (AvgIpc) is 3.15. The highest BCUT2D eigenvalue weighted by Crippen LogP contribution is 2.32. The number of aliphatic imine (C=N–C) groups is 1. The van der Waals surface area contributed by atoms with Crippen molar-refractivity contribution in [1.29, 1.82) is 0 Å². The zero-order valence-corrected chi connectivity index (χ0v) is 19.1. The zero-order chi connectivity index (χ0) is 22.3. The van der Waals surface area contributed by atoms with Crippen molar-refractivity contribution in [2.45, 2.75) is 40.0 Å². The fourth-order valence-electron chi connectivity index (χ4n) is 3.49. The van der Waals surface area contributed by atoms with E-state index in [0.29, 0.717) is 27.7 Å². The minimum atomic E-state index is 0.0984. The maximum Gasteiger partial charge on any atom is 0.227 e. The predicted molar refractivity (Wildman–Crippen MR) is 128 cm³/mol. The van der Waals surface area contributed by atoms with E-state index >= 15 is 0 Å². The molecule has 31 heavy (non-hydrogen) atoms. The molecule has 4 nitrogen and oxygen atoms in total. The summed E-state index contributed by atoms with van der Waals surface area (Å²) >= 11 is 6.32. The van der Waals surface area contributed by atoms with Crippen LogP contribution in [-0.4, -0.2) is 16.3 Å². The van der Waals surface area contributed by atoms with Gasteiger partial charge >= 0.3 is 0 Å². The number of benzene rings is 3. The van der Waals surface area contributed by atoms with Crippen molar-refractivity contribution < 1.29 is 9.52 Å². The van der Waals surface area contributed by atoms with Crippen LogP contribution < -0.4 is 0 Å². The SMILES string of the molecule is Cc1cc(O)c(C=Nc2ccc3oc(-c4ccc(C(C)(C)C)cc4)nc3c2)c(C)c1Cl. The molecule has 0 radical (unpaired) electrons. The Morgan fingerprint density at radius 3 is 2.42 bits per heavy atom. The number of oxazole rings is 1. The van der Waals surface area contributed by atoms with Gasteiger partial charge in [-0.15, -0.1) is 0 Å². The predicted octanol–water partition coefficient (Wildman–Crippen LogP) is 7.52. The number of aromatic hydroxyl groups is 1. The molecule has 0 aliphatic carbocycles. The van der Waals surface area contributed by atoms with Gasteiger partial charge in [0, 0.05) is 22.4 Å². The van der Waals surface area contributed by atoms with Gasteiger partial charge < -0.3 is 9.52 Å². The van der Waals surface area contributed by atoms with Crippen molar-refractivity contribution in [3.8, 4) is 17.2 Å². The fourth-order valence-corrected chi connectivity index (χ4v) is 3.64. The van der Waals surface area contributed by atoms with Crippen LogP contribution in [-0.2, 0) is 5.41 Å². The quantitative estimate of drug-likeness (QED) is 0.340. The van der Waals surface area contributed by atoms with E-state index in [9.17, 15) is 5.11 Å². The van der Waals surface area contributed by atoms with Gasteiger partial charge in [-0.1, -0.05) is 44.5 Å². The molecule has 0 atom stereocenters. The van der Waals surface area contributed by atoms with Gasteiger partial charge in [-0.3, -0.25) is 4.99 Å². The van der Waals surface area contributed by atoms with Crippen LogP contribution in [0.3, 0.4) is 0 Å². The number of phenols is 1. The highest BCUT2D eigenvalue weighted by Gasteiger charge is 2.15. The third-order valence-corrected chi connectivity index (χ3v) is 6.00. The molecule has 158 valence electrons. The molecule has 4 rings (SSSR count). The van der Waals surface area contributed by atoms with E-state index < -0.39 is 0 Å². The molecule has 4 aromatic rings. The molecule has 1 N–H and O–H groups in total. The van der Waals surface area contributed by atoms with Crippen molar-refractivity contribution in [3.05, 3.63) is 75.8 Å². The largest absolute Gasteiger partial charge is 0.507 e. The molecule has 0 spiro atoms. The van der Waals surface area contributed by atoms with Gasteiger partial charge in [-0.05, 0) is 72.4 Å². The summed E-state index contributed by atoms with van der Waals surface area (Å²) in [6.45, 7) is 10.3. The molecule has 0 aliphatic heterocycles. The summed E-state index contributed by atoms with van der Waals surface area (Å²) < 4.78 is 5.94. The number of hydrogen-bond donors (Lipinski definition) is 1. The Morgan fingerprint density at radius 2 is 1.74 bits per heavy atom. The Bertz CT molecular complexity index is 1300. The standard InChI is InChI=1S/C26H25ClN2O2/c1-15-12-22(30)20(16(2)24(15)27)14-28-19-10-11-23-21(13-19)29-25(31-23)17-6-8-18(9-7-17)26(3,4)5/h6-14,30H,1-5H3. The van der Waals surface area contributed by atoms with Crippen LogP contribution in [0, 0.1) is 13.8 Å². The lowest BCUT2D eigenvalue weighted by molar-refractivity contribution is 0.473. The number of phenolic OH excluding ortho intramolecular Hbond substituents is 1. The fraction of sp³-hybridized carbons (Fsp3) is 0.231. The van der Waals surface area contributed by atoms with Crippen LogP contribution in [0.5, 0.6) is 5.75 Å². The normalized spacial score (nSPS) is 12.2. The van der Waals surface area contributed by atoms with Crippen LogP contribution in [0.1, 0.15) is 43.0 Å². The van der Waals surface area contributed by atoms with Crippen molar-refractivity contribution >= 4 is 34.6 Å². The second-order valence-electron chi connectivity index (χ2n) is 8.82. The summed E-state index contributed by atoms with van der Waals surface area (Å²) in [7, 11) is 0.